The number of piperazine rings is 1. The molecule has 2 aliphatic rings. The molecule has 0 bridgehead atoms. The van der Waals surface area contributed by atoms with Crippen molar-refractivity contribution in [3.63, 3.8) is 0 Å². The molecule has 0 spiro atoms. The molecule has 0 saturated carbocycles. The Morgan fingerprint density at radius 3 is 2.28 bits per heavy atom. The number of nitrogens with zero attached hydrogens (tertiary/aromatic N) is 2. The summed E-state index contributed by atoms with van der Waals surface area (Å²) in [5, 5.41) is 6.09. The predicted octanol–water partition coefficient (Wildman–Crippen LogP) is 3.62. The molecule has 2 N–H and O–H groups in total. The number of fused-ring (bicyclic) bond motifs is 3. The Kier molecular flexibility index (Phi) is 9.04. The minimum absolute atomic E-state index is 0.00465. The summed E-state index contributed by atoms with van der Waals surface area (Å²) in [6.07, 6.45) is 1.18. The van der Waals surface area contributed by atoms with Crippen LogP contribution in [0.2, 0.25) is 0 Å². The smallest absolute Gasteiger partial charge is 0.241 e. The number of amides is 2. The van der Waals surface area contributed by atoms with Crippen LogP contribution in [0.25, 0.3) is 11.1 Å². The maximum absolute atomic E-state index is 13.5. The van der Waals surface area contributed by atoms with Crippen LogP contribution in [0.1, 0.15) is 30.5 Å². The molecule has 10 nitrogen and oxygen atoms in total. The molecule has 3 aromatic rings. The fraction of sp³-hybridized carbons (Fsp3) is 0.364. The van der Waals surface area contributed by atoms with Gasteiger partial charge >= 0.3 is 0 Å². The van der Waals surface area contributed by atoms with E-state index in [4.69, 9.17) is 14.2 Å². The normalized spacial score (nSPS) is 15.9. The van der Waals surface area contributed by atoms with Gasteiger partial charge in [-0.15, -0.1) is 0 Å². The van der Waals surface area contributed by atoms with E-state index in [9.17, 15) is 14.4 Å². The molecule has 5 rings (SSSR count). The van der Waals surface area contributed by atoms with E-state index in [1.54, 1.807) is 33.5 Å². The molecule has 1 aliphatic heterocycles. The van der Waals surface area contributed by atoms with Gasteiger partial charge in [0.25, 0.3) is 0 Å². The molecule has 1 heterocycles. The van der Waals surface area contributed by atoms with E-state index in [0.717, 1.165) is 35.5 Å². The van der Waals surface area contributed by atoms with E-state index >= 15 is 0 Å². The second kappa shape index (κ2) is 13.1. The molecule has 1 saturated heterocycles. The molecule has 43 heavy (non-hydrogen) atoms. The van der Waals surface area contributed by atoms with Crippen LogP contribution in [0, 0.1) is 0 Å². The lowest BCUT2D eigenvalue weighted by Crippen LogP contribution is -2.50. The number of hydrogen-bond acceptors (Lipinski definition) is 8. The molecule has 1 atom stereocenters. The van der Waals surface area contributed by atoms with Crippen molar-refractivity contribution in [1.82, 2.24) is 10.2 Å². The zero-order chi connectivity index (χ0) is 30.5. The number of ether oxygens (including phenoxy) is 3. The maximum Gasteiger partial charge on any atom is 0.241 e. The van der Waals surface area contributed by atoms with Crippen LogP contribution in [0.15, 0.2) is 59.4 Å². The Morgan fingerprint density at radius 2 is 1.63 bits per heavy atom. The summed E-state index contributed by atoms with van der Waals surface area (Å²) in [7, 11) is 4.68. The quantitative estimate of drug-likeness (QED) is 0.412. The van der Waals surface area contributed by atoms with Crippen LogP contribution in [-0.4, -0.2) is 70.8 Å². The predicted molar refractivity (Wildman–Crippen MR) is 166 cm³/mol. The molecule has 3 aromatic carbocycles. The van der Waals surface area contributed by atoms with Gasteiger partial charge in [-0.25, -0.2) is 0 Å². The molecule has 1 aliphatic carbocycles. The molecule has 2 amide bonds. The Bertz CT molecular complexity index is 1550. The maximum atomic E-state index is 13.5. The fourth-order valence-electron chi connectivity index (χ4n) is 5.99. The summed E-state index contributed by atoms with van der Waals surface area (Å²) in [5.41, 5.74) is 4.29. The minimum Gasteiger partial charge on any atom is -0.493 e. The van der Waals surface area contributed by atoms with Gasteiger partial charge in [0.1, 0.15) is 0 Å². The number of carbonyl (C=O) groups excluding carboxylic acids is 2. The average molecular weight is 587 g/mol. The Labute approximate surface area is 251 Å². The first-order valence-corrected chi connectivity index (χ1v) is 14.4. The third-order valence-corrected chi connectivity index (χ3v) is 8.10. The SMILES string of the molecule is COc1cc2c(c(OC)c1OC)-c1ccc(NCC(=O)N3CCN(c4ccccc4)CC3)c(=O)cc1[C@@H](NC(C)=O)CC2. The van der Waals surface area contributed by atoms with E-state index in [1.807, 2.05) is 35.2 Å². The van der Waals surface area contributed by atoms with Gasteiger partial charge in [-0.3, -0.25) is 14.4 Å². The lowest BCUT2D eigenvalue weighted by atomic mass is 9.95. The summed E-state index contributed by atoms with van der Waals surface area (Å²) in [5.74, 6) is 1.20. The lowest BCUT2D eigenvalue weighted by molar-refractivity contribution is -0.129. The van der Waals surface area contributed by atoms with Crippen LogP contribution in [0.3, 0.4) is 0 Å². The van der Waals surface area contributed by atoms with Crippen LogP contribution in [0.4, 0.5) is 11.4 Å². The molecule has 0 unspecified atom stereocenters. The number of carbonyl (C=O) groups is 2. The number of rotatable bonds is 8. The number of nitrogens with one attached hydrogen (secondary N) is 2. The zero-order valence-electron chi connectivity index (χ0n) is 25.1. The van der Waals surface area contributed by atoms with Crippen LogP contribution >= 0.6 is 0 Å². The van der Waals surface area contributed by atoms with Crippen molar-refractivity contribution in [1.29, 1.82) is 0 Å². The summed E-state index contributed by atoms with van der Waals surface area (Å²) in [4.78, 5) is 42.9. The molecule has 0 aromatic heterocycles. The van der Waals surface area contributed by atoms with Gasteiger partial charge in [-0.05, 0) is 59.9 Å². The van der Waals surface area contributed by atoms with Crippen LogP contribution < -0.4 is 35.2 Å². The summed E-state index contributed by atoms with van der Waals surface area (Å²) < 4.78 is 17.1. The van der Waals surface area contributed by atoms with E-state index in [-0.39, 0.29) is 23.8 Å². The van der Waals surface area contributed by atoms with Gasteiger partial charge in [-0.2, -0.15) is 0 Å². The third kappa shape index (κ3) is 6.23. The highest BCUT2D eigenvalue weighted by Crippen LogP contribution is 2.50. The van der Waals surface area contributed by atoms with Gasteiger partial charge < -0.3 is 34.6 Å². The van der Waals surface area contributed by atoms with E-state index < -0.39 is 6.04 Å². The van der Waals surface area contributed by atoms with E-state index in [1.165, 1.54) is 6.92 Å². The number of benzene rings is 2. The molecule has 226 valence electrons. The zero-order valence-corrected chi connectivity index (χ0v) is 25.1. The van der Waals surface area contributed by atoms with Crippen molar-refractivity contribution in [3.8, 4) is 28.4 Å². The highest BCUT2D eigenvalue weighted by atomic mass is 16.5. The summed E-state index contributed by atoms with van der Waals surface area (Å²) in [6, 6.07) is 16.7. The second-order valence-corrected chi connectivity index (χ2v) is 10.7. The number of anilines is 2. The number of methoxy groups -OCH3 is 3. The topological polar surface area (TPSA) is 109 Å². The van der Waals surface area contributed by atoms with Crippen molar-refractivity contribution < 1.29 is 23.8 Å². The number of aryl methyl sites for hydroxylation is 1. The van der Waals surface area contributed by atoms with E-state index in [0.29, 0.717) is 54.4 Å². The Balaban J connectivity index is 1.43. The number of hydrogen-bond donors (Lipinski definition) is 2. The molecular weight excluding hydrogens is 548 g/mol. The Hall–Kier alpha value is -4.73. The first-order valence-electron chi connectivity index (χ1n) is 14.4. The monoisotopic (exact) mass is 586 g/mol. The first-order chi connectivity index (χ1) is 20.8. The van der Waals surface area contributed by atoms with Gasteiger partial charge in [0.15, 0.2) is 11.5 Å². The van der Waals surface area contributed by atoms with Crippen molar-refractivity contribution in [2.45, 2.75) is 25.8 Å². The molecular formula is C33H38N4O6. The highest BCUT2D eigenvalue weighted by Gasteiger charge is 2.29. The first kappa shape index (κ1) is 29.8. The van der Waals surface area contributed by atoms with Gasteiger partial charge in [-0.1, -0.05) is 24.3 Å². The molecule has 0 radical (unpaired) electrons. The molecule has 10 heteroatoms. The van der Waals surface area contributed by atoms with Crippen LogP contribution in [-0.2, 0) is 16.0 Å². The average Bonchev–Trinajstić information content (AvgIpc) is 3.27. The molecule has 1 fully saturated rings. The minimum atomic E-state index is -0.405. The van der Waals surface area contributed by atoms with Crippen LogP contribution in [0.5, 0.6) is 17.2 Å². The van der Waals surface area contributed by atoms with Gasteiger partial charge in [0, 0.05) is 44.4 Å². The van der Waals surface area contributed by atoms with Crippen molar-refractivity contribution in [2.75, 3.05) is 64.3 Å². The van der Waals surface area contributed by atoms with Crippen molar-refractivity contribution in [2.24, 2.45) is 0 Å². The van der Waals surface area contributed by atoms with Crippen molar-refractivity contribution >= 4 is 23.2 Å². The third-order valence-electron chi connectivity index (χ3n) is 8.10. The Morgan fingerprint density at radius 1 is 0.907 bits per heavy atom. The number of para-hydroxylation sites is 1. The highest BCUT2D eigenvalue weighted by molar-refractivity contribution is 5.84. The van der Waals surface area contributed by atoms with Crippen molar-refractivity contribution in [3.05, 3.63) is 75.9 Å². The van der Waals surface area contributed by atoms with Gasteiger partial charge in [0.05, 0.1) is 39.6 Å². The standard InChI is InChI=1S/C33H38N4O6/c1-21(38)35-26-12-10-22-18-29(41-2)32(42-3)33(43-4)31(22)24-11-13-27(28(39)19-25(24)26)34-20-30(40)37-16-14-36(15-17-37)23-8-6-5-7-9-23/h5-9,11,13,18-19,26H,10,12,14-17,20H2,1-4H3,(H,34,39)(H,35,38)/t26-/m0/s1. The second-order valence-electron chi connectivity index (χ2n) is 10.7. The summed E-state index contributed by atoms with van der Waals surface area (Å²) >= 11 is 0. The fourth-order valence-corrected chi connectivity index (χ4v) is 5.99. The lowest BCUT2D eigenvalue weighted by Gasteiger charge is -2.36. The summed E-state index contributed by atoms with van der Waals surface area (Å²) in [6.45, 7) is 4.16. The van der Waals surface area contributed by atoms with E-state index in [2.05, 4.69) is 27.7 Å². The largest absolute Gasteiger partial charge is 0.493 e. The van der Waals surface area contributed by atoms with Gasteiger partial charge in [0.2, 0.25) is 23.0 Å².